The lowest BCUT2D eigenvalue weighted by atomic mass is 10.0. The first-order valence-electron chi connectivity index (χ1n) is 8.61. The molecule has 0 saturated carbocycles. The van der Waals surface area contributed by atoms with Gasteiger partial charge in [0.25, 0.3) is 5.91 Å². The third-order valence-corrected chi connectivity index (χ3v) is 6.89. The van der Waals surface area contributed by atoms with Crippen LogP contribution >= 0.6 is 11.6 Å². The van der Waals surface area contributed by atoms with Crippen LogP contribution in [0, 0.1) is 12.7 Å². The van der Waals surface area contributed by atoms with Gasteiger partial charge in [-0.05, 0) is 49.6 Å². The predicted molar refractivity (Wildman–Crippen MR) is 102 cm³/mol. The molecule has 144 valence electrons. The van der Waals surface area contributed by atoms with E-state index in [1.807, 2.05) is 25.1 Å². The number of carbonyl (C=O) groups is 1. The number of sulfonamides is 1. The van der Waals surface area contributed by atoms with Gasteiger partial charge in [0, 0.05) is 24.7 Å². The van der Waals surface area contributed by atoms with Crippen molar-refractivity contribution < 1.29 is 17.6 Å². The van der Waals surface area contributed by atoms with Crippen molar-refractivity contribution >= 4 is 27.5 Å². The van der Waals surface area contributed by atoms with Gasteiger partial charge in [0.2, 0.25) is 10.0 Å². The SMILES string of the molecule is Cc1ccccc1C(=O)NC1CCN(S(=O)(=O)c2ccc(F)c(Cl)c2)CC1. The molecular formula is C19H20ClFN2O3S. The van der Waals surface area contributed by atoms with Gasteiger partial charge in [0.05, 0.1) is 9.92 Å². The van der Waals surface area contributed by atoms with Crippen molar-refractivity contribution in [1.82, 2.24) is 9.62 Å². The monoisotopic (exact) mass is 410 g/mol. The average molecular weight is 411 g/mol. The highest BCUT2D eigenvalue weighted by Crippen LogP contribution is 2.25. The molecule has 1 fully saturated rings. The minimum absolute atomic E-state index is 0.0312. The lowest BCUT2D eigenvalue weighted by Crippen LogP contribution is -2.46. The van der Waals surface area contributed by atoms with Crippen molar-refractivity contribution in [2.75, 3.05) is 13.1 Å². The smallest absolute Gasteiger partial charge is 0.251 e. The first-order chi connectivity index (χ1) is 12.8. The molecule has 27 heavy (non-hydrogen) atoms. The lowest BCUT2D eigenvalue weighted by Gasteiger charge is -2.31. The van der Waals surface area contributed by atoms with E-state index in [1.165, 1.54) is 10.4 Å². The molecule has 1 amide bonds. The summed E-state index contributed by atoms with van der Waals surface area (Å²) in [5.74, 6) is -0.812. The minimum Gasteiger partial charge on any atom is -0.349 e. The van der Waals surface area contributed by atoms with E-state index in [0.717, 1.165) is 17.7 Å². The Labute approximate surface area is 163 Å². The predicted octanol–water partition coefficient (Wildman–Crippen LogP) is 3.37. The summed E-state index contributed by atoms with van der Waals surface area (Å²) in [6.07, 6.45) is 1.01. The van der Waals surface area contributed by atoms with E-state index in [2.05, 4.69) is 5.32 Å². The molecule has 5 nitrogen and oxygen atoms in total. The summed E-state index contributed by atoms with van der Waals surface area (Å²) in [5.41, 5.74) is 1.51. The molecule has 1 saturated heterocycles. The zero-order valence-corrected chi connectivity index (χ0v) is 16.4. The highest BCUT2D eigenvalue weighted by atomic mass is 35.5. The first-order valence-corrected chi connectivity index (χ1v) is 10.4. The van der Waals surface area contributed by atoms with Crippen LogP contribution in [0.25, 0.3) is 0 Å². The van der Waals surface area contributed by atoms with E-state index in [0.29, 0.717) is 18.4 Å². The van der Waals surface area contributed by atoms with Crippen molar-refractivity contribution in [3.05, 3.63) is 64.4 Å². The Morgan fingerprint density at radius 1 is 1.19 bits per heavy atom. The largest absolute Gasteiger partial charge is 0.349 e. The van der Waals surface area contributed by atoms with Crippen LogP contribution in [0.4, 0.5) is 4.39 Å². The quantitative estimate of drug-likeness (QED) is 0.840. The maximum Gasteiger partial charge on any atom is 0.251 e. The van der Waals surface area contributed by atoms with Crippen LogP contribution in [0.1, 0.15) is 28.8 Å². The molecule has 0 unspecified atom stereocenters. The zero-order valence-electron chi connectivity index (χ0n) is 14.8. The van der Waals surface area contributed by atoms with Crippen molar-refractivity contribution in [3.63, 3.8) is 0 Å². The molecule has 3 rings (SSSR count). The molecule has 8 heteroatoms. The molecule has 1 aliphatic heterocycles. The average Bonchev–Trinajstić information content (AvgIpc) is 2.64. The molecule has 1 aliphatic rings. The fourth-order valence-corrected chi connectivity index (χ4v) is 4.86. The number of piperidine rings is 1. The Kier molecular flexibility index (Phi) is 5.83. The molecule has 1 heterocycles. The molecule has 2 aromatic rings. The van der Waals surface area contributed by atoms with Crippen LogP contribution in [0.3, 0.4) is 0 Å². The number of benzene rings is 2. The molecule has 1 N–H and O–H groups in total. The third-order valence-electron chi connectivity index (χ3n) is 4.71. The normalized spacial score (nSPS) is 16.3. The van der Waals surface area contributed by atoms with Gasteiger partial charge in [0.1, 0.15) is 5.82 Å². The number of aryl methyl sites for hydroxylation is 1. The summed E-state index contributed by atoms with van der Waals surface area (Å²) < 4.78 is 40.0. The molecule has 0 aromatic heterocycles. The van der Waals surface area contributed by atoms with E-state index >= 15 is 0 Å². The Morgan fingerprint density at radius 3 is 2.48 bits per heavy atom. The zero-order chi connectivity index (χ0) is 19.6. The number of amides is 1. The Bertz CT molecular complexity index is 957. The minimum atomic E-state index is -3.74. The van der Waals surface area contributed by atoms with Crippen LogP contribution in [0.2, 0.25) is 5.02 Å². The fourth-order valence-electron chi connectivity index (χ4n) is 3.12. The number of nitrogens with zero attached hydrogens (tertiary/aromatic N) is 1. The highest BCUT2D eigenvalue weighted by molar-refractivity contribution is 7.89. The van der Waals surface area contributed by atoms with Crippen LogP contribution < -0.4 is 5.32 Å². The Morgan fingerprint density at radius 2 is 1.85 bits per heavy atom. The van der Waals surface area contributed by atoms with E-state index in [9.17, 15) is 17.6 Å². The summed E-state index contributed by atoms with van der Waals surface area (Å²) in [6.45, 7) is 2.42. The molecule has 0 spiro atoms. The number of nitrogens with one attached hydrogen (secondary N) is 1. The Hall–Kier alpha value is -1.96. The summed E-state index contributed by atoms with van der Waals surface area (Å²) in [6, 6.07) is 10.6. The maximum absolute atomic E-state index is 13.3. The fraction of sp³-hybridized carbons (Fsp3) is 0.316. The standard InChI is InChI=1S/C19H20ClFN2O3S/c1-13-4-2-3-5-16(13)19(24)22-14-8-10-23(11-9-14)27(25,26)15-6-7-18(21)17(20)12-15/h2-7,12,14H,8-11H2,1H3,(H,22,24). The molecule has 0 aliphatic carbocycles. The molecule has 0 bridgehead atoms. The number of rotatable bonds is 4. The topological polar surface area (TPSA) is 66.5 Å². The number of hydrogen-bond donors (Lipinski definition) is 1. The molecule has 0 atom stereocenters. The molecule has 0 radical (unpaired) electrons. The van der Waals surface area contributed by atoms with Gasteiger partial charge in [-0.15, -0.1) is 0 Å². The third kappa shape index (κ3) is 4.31. The van der Waals surface area contributed by atoms with Crippen molar-refractivity contribution in [2.24, 2.45) is 0 Å². The van der Waals surface area contributed by atoms with Gasteiger partial charge < -0.3 is 5.32 Å². The van der Waals surface area contributed by atoms with Crippen LogP contribution in [-0.4, -0.2) is 37.8 Å². The lowest BCUT2D eigenvalue weighted by molar-refractivity contribution is 0.0923. The van der Waals surface area contributed by atoms with Crippen molar-refractivity contribution in [3.8, 4) is 0 Å². The van der Waals surface area contributed by atoms with E-state index in [1.54, 1.807) is 6.07 Å². The molecule has 2 aromatic carbocycles. The second-order valence-corrected chi connectivity index (χ2v) is 8.89. The number of carbonyl (C=O) groups excluding carboxylic acids is 1. The second-order valence-electron chi connectivity index (χ2n) is 6.54. The number of halogens is 2. The van der Waals surface area contributed by atoms with Crippen molar-refractivity contribution in [2.45, 2.75) is 30.7 Å². The van der Waals surface area contributed by atoms with Gasteiger partial charge in [-0.1, -0.05) is 29.8 Å². The summed E-state index contributed by atoms with van der Waals surface area (Å²) in [4.78, 5) is 12.4. The second kappa shape index (κ2) is 7.96. The van der Waals surface area contributed by atoms with Crippen molar-refractivity contribution in [1.29, 1.82) is 0 Å². The van der Waals surface area contributed by atoms with Gasteiger partial charge in [0.15, 0.2) is 0 Å². The van der Waals surface area contributed by atoms with Gasteiger partial charge in [-0.25, -0.2) is 12.8 Å². The van der Waals surface area contributed by atoms with E-state index < -0.39 is 15.8 Å². The van der Waals surface area contributed by atoms with Crippen LogP contribution in [0.15, 0.2) is 47.4 Å². The summed E-state index contributed by atoms with van der Waals surface area (Å²) >= 11 is 5.70. The summed E-state index contributed by atoms with van der Waals surface area (Å²) in [7, 11) is -3.74. The first kappa shape index (κ1) is 19.8. The van der Waals surface area contributed by atoms with Crippen LogP contribution in [-0.2, 0) is 10.0 Å². The van der Waals surface area contributed by atoms with Gasteiger partial charge in [-0.3, -0.25) is 4.79 Å². The van der Waals surface area contributed by atoms with E-state index in [-0.39, 0.29) is 35.0 Å². The van der Waals surface area contributed by atoms with E-state index in [4.69, 9.17) is 11.6 Å². The van der Waals surface area contributed by atoms with Gasteiger partial charge >= 0.3 is 0 Å². The highest BCUT2D eigenvalue weighted by Gasteiger charge is 2.30. The molecular weight excluding hydrogens is 391 g/mol. The number of hydrogen-bond acceptors (Lipinski definition) is 3. The van der Waals surface area contributed by atoms with Gasteiger partial charge in [-0.2, -0.15) is 4.31 Å². The summed E-state index contributed by atoms with van der Waals surface area (Å²) in [5, 5.41) is 2.75. The maximum atomic E-state index is 13.3. The van der Waals surface area contributed by atoms with Crippen LogP contribution in [0.5, 0.6) is 0 Å². The Balaban J connectivity index is 1.64.